The predicted molar refractivity (Wildman–Crippen MR) is 104 cm³/mol. The number of aromatic nitrogens is 2. The van der Waals surface area contributed by atoms with Gasteiger partial charge in [-0.2, -0.15) is 5.26 Å². The number of nitrogens with one attached hydrogen (secondary N) is 1. The molecule has 2 aromatic heterocycles. The van der Waals surface area contributed by atoms with Gasteiger partial charge in [-0.05, 0) is 18.2 Å². The molecular formula is C18H19N5O3S. The van der Waals surface area contributed by atoms with Crippen LogP contribution in [0.4, 0.5) is 5.13 Å². The van der Waals surface area contributed by atoms with E-state index in [9.17, 15) is 9.90 Å². The second-order valence-electron chi connectivity index (χ2n) is 6.62. The van der Waals surface area contributed by atoms with E-state index in [1.54, 1.807) is 17.4 Å². The molecule has 0 saturated carbocycles. The maximum atomic E-state index is 11.8. The Balaban J connectivity index is 1.62. The molecule has 1 atom stereocenters. The Morgan fingerprint density at radius 1 is 1.33 bits per heavy atom. The van der Waals surface area contributed by atoms with Gasteiger partial charge in [0, 0.05) is 38.1 Å². The Kier molecular flexibility index (Phi) is 4.80. The molecule has 3 aromatic rings. The highest BCUT2D eigenvalue weighted by atomic mass is 32.1. The summed E-state index contributed by atoms with van der Waals surface area (Å²) >= 11 is 1.59. The van der Waals surface area contributed by atoms with E-state index in [0.29, 0.717) is 12.1 Å². The number of anilines is 1. The summed E-state index contributed by atoms with van der Waals surface area (Å²) in [5, 5.41) is 29.4. The lowest BCUT2D eigenvalue weighted by molar-refractivity contribution is 0.0575. The molecule has 140 valence electrons. The number of nitriles is 1. The third-order valence-electron chi connectivity index (χ3n) is 4.81. The van der Waals surface area contributed by atoms with Crippen molar-refractivity contribution >= 4 is 37.6 Å². The van der Waals surface area contributed by atoms with E-state index < -0.39 is 6.10 Å². The highest BCUT2D eigenvalue weighted by Gasteiger charge is 2.22. The van der Waals surface area contributed by atoms with Gasteiger partial charge in [0.1, 0.15) is 11.6 Å². The second-order valence-corrected chi connectivity index (χ2v) is 7.63. The first-order valence-corrected chi connectivity index (χ1v) is 9.53. The van der Waals surface area contributed by atoms with Crippen LogP contribution in [0.3, 0.4) is 0 Å². The SMILES string of the molecule is N#Cc1cc2c(ccc3sc(N4CCN(CC(O)CO)CC4)nc32)[nH]c1=O. The van der Waals surface area contributed by atoms with Gasteiger partial charge in [0.2, 0.25) is 0 Å². The number of pyridine rings is 1. The van der Waals surface area contributed by atoms with Crippen molar-refractivity contribution in [1.29, 1.82) is 5.26 Å². The topological polar surface area (TPSA) is 116 Å². The molecule has 1 aliphatic heterocycles. The maximum absolute atomic E-state index is 11.8. The van der Waals surface area contributed by atoms with Crippen LogP contribution in [0, 0.1) is 11.3 Å². The third-order valence-corrected chi connectivity index (χ3v) is 5.89. The largest absolute Gasteiger partial charge is 0.394 e. The zero-order chi connectivity index (χ0) is 19.0. The summed E-state index contributed by atoms with van der Waals surface area (Å²) in [6.45, 7) is 3.41. The molecule has 1 fully saturated rings. The fourth-order valence-electron chi connectivity index (χ4n) is 3.35. The zero-order valence-electron chi connectivity index (χ0n) is 14.6. The lowest BCUT2D eigenvalue weighted by atomic mass is 10.1. The fraction of sp³-hybridized carbons (Fsp3) is 0.389. The number of aliphatic hydroxyl groups excluding tert-OH is 2. The number of H-pyrrole nitrogens is 1. The lowest BCUT2D eigenvalue weighted by Crippen LogP contribution is -2.49. The summed E-state index contributed by atoms with van der Waals surface area (Å²) in [5.74, 6) is 0. The van der Waals surface area contributed by atoms with Gasteiger partial charge in [0.15, 0.2) is 5.13 Å². The van der Waals surface area contributed by atoms with Crippen molar-refractivity contribution in [2.24, 2.45) is 0 Å². The van der Waals surface area contributed by atoms with E-state index in [4.69, 9.17) is 15.4 Å². The number of β-amino-alcohol motifs (C(OH)–C–C–N with tert-alkyl or cyclic N) is 1. The molecule has 3 N–H and O–H groups in total. The number of aliphatic hydroxyl groups is 2. The quantitative estimate of drug-likeness (QED) is 0.598. The molecule has 0 radical (unpaired) electrons. The van der Waals surface area contributed by atoms with Gasteiger partial charge in [-0.1, -0.05) is 11.3 Å². The third kappa shape index (κ3) is 3.40. The van der Waals surface area contributed by atoms with Crippen LogP contribution >= 0.6 is 11.3 Å². The van der Waals surface area contributed by atoms with E-state index >= 15 is 0 Å². The number of hydrogen-bond donors (Lipinski definition) is 3. The lowest BCUT2D eigenvalue weighted by Gasteiger charge is -2.35. The number of nitrogens with zero attached hydrogens (tertiary/aromatic N) is 4. The normalized spacial score (nSPS) is 16.7. The standard InChI is InChI=1S/C18H19N5O3S/c19-8-11-7-13-14(20-17(11)26)1-2-15-16(13)21-18(27-15)23-5-3-22(4-6-23)9-12(25)10-24/h1-2,7,12,24-25H,3-6,9-10H2,(H,20,26). The number of aromatic amines is 1. The molecule has 0 bridgehead atoms. The van der Waals surface area contributed by atoms with Crippen LogP contribution in [-0.4, -0.2) is 70.5 Å². The van der Waals surface area contributed by atoms with Crippen LogP contribution in [0.2, 0.25) is 0 Å². The summed E-state index contributed by atoms with van der Waals surface area (Å²) in [7, 11) is 0. The Hall–Kier alpha value is -2.51. The average molecular weight is 385 g/mol. The first-order chi connectivity index (χ1) is 13.1. The summed E-state index contributed by atoms with van der Waals surface area (Å²) in [6, 6.07) is 7.31. The number of hydrogen-bond acceptors (Lipinski definition) is 8. The Morgan fingerprint density at radius 2 is 2.11 bits per heavy atom. The van der Waals surface area contributed by atoms with Crippen LogP contribution in [0.1, 0.15) is 5.56 Å². The van der Waals surface area contributed by atoms with Crippen LogP contribution in [0.15, 0.2) is 23.0 Å². The minimum absolute atomic E-state index is 0.0839. The molecule has 0 spiro atoms. The van der Waals surface area contributed by atoms with Gasteiger partial charge in [-0.15, -0.1) is 0 Å². The molecule has 3 heterocycles. The number of fused-ring (bicyclic) bond motifs is 3. The molecule has 9 heteroatoms. The molecule has 1 unspecified atom stereocenters. The molecule has 27 heavy (non-hydrogen) atoms. The smallest absolute Gasteiger partial charge is 0.266 e. The molecule has 1 saturated heterocycles. The van der Waals surface area contributed by atoms with E-state index in [-0.39, 0.29) is 17.7 Å². The van der Waals surface area contributed by atoms with Crippen LogP contribution < -0.4 is 10.5 Å². The van der Waals surface area contributed by atoms with Crippen molar-refractivity contribution in [3.63, 3.8) is 0 Å². The van der Waals surface area contributed by atoms with E-state index in [1.165, 1.54) is 0 Å². The zero-order valence-corrected chi connectivity index (χ0v) is 15.4. The average Bonchev–Trinajstić information content (AvgIpc) is 3.12. The Morgan fingerprint density at radius 3 is 2.81 bits per heavy atom. The number of benzene rings is 1. The minimum Gasteiger partial charge on any atom is -0.394 e. The first-order valence-electron chi connectivity index (χ1n) is 8.72. The van der Waals surface area contributed by atoms with Crippen molar-refractivity contribution < 1.29 is 10.2 Å². The number of thiazole rings is 1. The van der Waals surface area contributed by atoms with Gasteiger partial charge >= 0.3 is 0 Å². The van der Waals surface area contributed by atoms with Crippen LogP contribution in [0.25, 0.3) is 21.1 Å². The van der Waals surface area contributed by atoms with Gasteiger partial charge in [0.25, 0.3) is 5.56 Å². The number of piperazine rings is 1. The molecule has 1 aliphatic rings. The fourth-order valence-corrected chi connectivity index (χ4v) is 4.39. The van der Waals surface area contributed by atoms with Crippen LogP contribution in [-0.2, 0) is 0 Å². The first kappa shape index (κ1) is 17.9. The van der Waals surface area contributed by atoms with Crippen LogP contribution in [0.5, 0.6) is 0 Å². The Bertz CT molecular complexity index is 1080. The minimum atomic E-state index is -0.707. The second kappa shape index (κ2) is 7.25. The number of rotatable bonds is 4. The van der Waals surface area contributed by atoms with Crippen molar-refractivity contribution in [2.75, 3.05) is 44.2 Å². The predicted octanol–water partition coefficient (Wildman–Crippen LogP) is 0.485. The van der Waals surface area contributed by atoms with Crippen molar-refractivity contribution in [1.82, 2.24) is 14.9 Å². The molecule has 8 nitrogen and oxygen atoms in total. The maximum Gasteiger partial charge on any atom is 0.266 e. The van der Waals surface area contributed by atoms with Gasteiger partial charge in [0.05, 0.1) is 28.4 Å². The highest BCUT2D eigenvalue weighted by molar-refractivity contribution is 7.22. The van der Waals surface area contributed by atoms with E-state index in [0.717, 1.165) is 46.9 Å². The molecule has 1 aromatic carbocycles. The van der Waals surface area contributed by atoms with Crippen molar-refractivity contribution in [3.8, 4) is 6.07 Å². The van der Waals surface area contributed by atoms with Crippen molar-refractivity contribution in [3.05, 3.63) is 34.1 Å². The summed E-state index contributed by atoms with van der Waals surface area (Å²) in [5.41, 5.74) is 1.16. The molecule has 0 amide bonds. The van der Waals surface area contributed by atoms with Gasteiger partial charge < -0.3 is 20.1 Å². The van der Waals surface area contributed by atoms with E-state index in [2.05, 4.69) is 14.8 Å². The molecule has 0 aliphatic carbocycles. The summed E-state index contributed by atoms with van der Waals surface area (Å²) < 4.78 is 1.01. The summed E-state index contributed by atoms with van der Waals surface area (Å²) in [4.78, 5) is 23.7. The van der Waals surface area contributed by atoms with Gasteiger partial charge in [-0.25, -0.2) is 4.98 Å². The molecule has 4 rings (SSSR count). The Labute approximate surface area is 158 Å². The van der Waals surface area contributed by atoms with Gasteiger partial charge in [-0.3, -0.25) is 9.69 Å². The van der Waals surface area contributed by atoms with E-state index in [1.807, 2.05) is 18.2 Å². The molecular weight excluding hydrogens is 366 g/mol. The monoisotopic (exact) mass is 385 g/mol. The highest BCUT2D eigenvalue weighted by Crippen LogP contribution is 2.33. The summed E-state index contributed by atoms with van der Waals surface area (Å²) in [6.07, 6.45) is -0.707. The van der Waals surface area contributed by atoms with Crippen molar-refractivity contribution in [2.45, 2.75) is 6.10 Å².